The van der Waals surface area contributed by atoms with E-state index in [0.717, 1.165) is 29.9 Å². The molecule has 0 aliphatic heterocycles. The molecule has 0 radical (unpaired) electrons. The van der Waals surface area contributed by atoms with E-state index in [4.69, 9.17) is 4.42 Å². The summed E-state index contributed by atoms with van der Waals surface area (Å²) in [6, 6.07) is 9.86. The number of nitrogens with one attached hydrogen (secondary N) is 2. The van der Waals surface area contributed by atoms with Gasteiger partial charge in [0.1, 0.15) is 5.76 Å². The third-order valence-corrected chi connectivity index (χ3v) is 3.48. The number of aryl methyl sites for hydroxylation is 1. The predicted octanol–water partition coefficient (Wildman–Crippen LogP) is 3.09. The van der Waals surface area contributed by atoms with E-state index in [1.54, 1.807) is 6.26 Å². The summed E-state index contributed by atoms with van der Waals surface area (Å²) < 4.78 is 5.37. The van der Waals surface area contributed by atoms with Gasteiger partial charge in [-0.15, -0.1) is 0 Å². The Morgan fingerprint density at radius 3 is 2.60 bits per heavy atom. The van der Waals surface area contributed by atoms with Gasteiger partial charge in [-0.2, -0.15) is 0 Å². The van der Waals surface area contributed by atoms with Crippen molar-refractivity contribution in [1.82, 2.24) is 5.32 Å². The van der Waals surface area contributed by atoms with Crippen LogP contribution in [0.3, 0.4) is 0 Å². The quantitative estimate of drug-likeness (QED) is 0.877. The smallest absolute Gasteiger partial charge is 0.251 e. The average molecular weight is 270 g/mol. The highest BCUT2D eigenvalue weighted by Gasteiger charge is 2.23. The van der Waals surface area contributed by atoms with Gasteiger partial charge < -0.3 is 15.1 Å². The molecular formula is C16H18N2O2. The lowest BCUT2D eigenvalue weighted by Gasteiger charge is -2.07. The van der Waals surface area contributed by atoms with E-state index in [-0.39, 0.29) is 5.91 Å². The highest BCUT2D eigenvalue weighted by atomic mass is 16.3. The molecule has 4 heteroatoms. The van der Waals surface area contributed by atoms with Crippen molar-refractivity contribution in [2.45, 2.75) is 32.4 Å². The molecule has 104 valence electrons. The third-order valence-electron chi connectivity index (χ3n) is 3.48. The molecule has 1 amide bonds. The summed E-state index contributed by atoms with van der Waals surface area (Å²) in [5.41, 5.74) is 2.82. The van der Waals surface area contributed by atoms with E-state index in [9.17, 15) is 4.79 Å². The number of carbonyl (C=O) groups excluding carboxylic acids is 1. The van der Waals surface area contributed by atoms with Crippen molar-refractivity contribution in [2.75, 3.05) is 5.32 Å². The molecule has 1 fully saturated rings. The Kier molecular flexibility index (Phi) is 3.46. The number of hydrogen-bond donors (Lipinski definition) is 2. The van der Waals surface area contributed by atoms with Crippen LogP contribution >= 0.6 is 0 Å². The SMILES string of the molecule is Cc1ccoc1CNc1ccc(C(=O)NC2CC2)cc1. The van der Waals surface area contributed by atoms with Crippen molar-refractivity contribution < 1.29 is 9.21 Å². The first-order chi connectivity index (χ1) is 9.72. The summed E-state index contributed by atoms with van der Waals surface area (Å²) >= 11 is 0. The molecule has 0 spiro atoms. The second kappa shape index (κ2) is 5.41. The van der Waals surface area contributed by atoms with Crippen molar-refractivity contribution in [3.63, 3.8) is 0 Å². The molecule has 2 aromatic rings. The van der Waals surface area contributed by atoms with Crippen LogP contribution < -0.4 is 10.6 Å². The second-order valence-electron chi connectivity index (χ2n) is 5.21. The van der Waals surface area contributed by atoms with Crippen molar-refractivity contribution >= 4 is 11.6 Å². The Labute approximate surface area is 118 Å². The summed E-state index contributed by atoms with van der Waals surface area (Å²) in [4.78, 5) is 11.8. The van der Waals surface area contributed by atoms with Gasteiger partial charge in [-0.1, -0.05) is 0 Å². The van der Waals surface area contributed by atoms with Crippen LogP contribution in [0.5, 0.6) is 0 Å². The monoisotopic (exact) mass is 270 g/mol. The van der Waals surface area contributed by atoms with Gasteiger partial charge in [-0.25, -0.2) is 0 Å². The molecule has 0 unspecified atom stereocenters. The molecule has 20 heavy (non-hydrogen) atoms. The van der Waals surface area contributed by atoms with E-state index in [1.807, 2.05) is 37.3 Å². The van der Waals surface area contributed by atoms with Crippen LogP contribution in [-0.2, 0) is 6.54 Å². The zero-order valence-electron chi connectivity index (χ0n) is 11.5. The Morgan fingerprint density at radius 1 is 1.25 bits per heavy atom. The zero-order chi connectivity index (χ0) is 13.9. The van der Waals surface area contributed by atoms with Crippen LogP contribution in [0.4, 0.5) is 5.69 Å². The first kappa shape index (κ1) is 12.8. The van der Waals surface area contributed by atoms with Crippen molar-refractivity contribution in [3.8, 4) is 0 Å². The molecule has 2 N–H and O–H groups in total. The predicted molar refractivity (Wildman–Crippen MR) is 77.7 cm³/mol. The molecule has 0 atom stereocenters. The number of anilines is 1. The van der Waals surface area contributed by atoms with Gasteiger partial charge in [0.15, 0.2) is 0 Å². The Hall–Kier alpha value is -2.23. The minimum Gasteiger partial charge on any atom is -0.467 e. The molecule has 0 saturated heterocycles. The average Bonchev–Trinajstić information content (AvgIpc) is 3.18. The standard InChI is InChI=1S/C16H18N2O2/c1-11-8-9-20-15(11)10-17-13-4-2-12(3-5-13)16(19)18-14-6-7-14/h2-5,8-9,14,17H,6-7,10H2,1H3,(H,18,19). The topological polar surface area (TPSA) is 54.3 Å². The van der Waals surface area contributed by atoms with Gasteiger partial charge in [0.2, 0.25) is 0 Å². The second-order valence-corrected chi connectivity index (χ2v) is 5.21. The lowest BCUT2D eigenvalue weighted by atomic mass is 10.2. The molecule has 3 rings (SSSR count). The molecule has 1 saturated carbocycles. The first-order valence-electron chi connectivity index (χ1n) is 6.90. The van der Waals surface area contributed by atoms with Gasteiger partial charge in [0.05, 0.1) is 12.8 Å². The molecule has 1 heterocycles. The van der Waals surface area contributed by atoms with Crippen LogP contribution in [0.1, 0.15) is 34.5 Å². The third kappa shape index (κ3) is 3.02. The van der Waals surface area contributed by atoms with Gasteiger partial charge in [-0.3, -0.25) is 4.79 Å². The molecular weight excluding hydrogens is 252 g/mol. The molecule has 0 bridgehead atoms. The van der Waals surface area contributed by atoms with E-state index >= 15 is 0 Å². The van der Waals surface area contributed by atoms with Crippen molar-refractivity contribution in [1.29, 1.82) is 0 Å². The van der Waals surface area contributed by atoms with Crippen LogP contribution in [0, 0.1) is 6.92 Å². The number of amides is 1. The van der Waals surface area contributed by atoms with Crippen LogP contribution in [0.15, 0.2) is 41.0 Å². The normalized spacial score (nSPS) is 14.1. The Morgan fingerprint density at radius 2 is 2.00 bits per heavy atom. The number of benzene rings is 1. The van der Waals surface area contributed by atoms with Gasteiger partial charge in [0.25, 0.3) is 5.91 Å². The van der Waals surface area contributed by atoms with Gasteiger partial charge in [0, 0.05) is 17.3 Å². The minimum atomic E-state index is 0.0147. The summed E-state index contributed by atoms with van der Waals surface area (Å²) in [7, 11) is 0. The fourth-order valence-electron chi connectivity index (χ4n) is 2.00. The molecule has 1 aromatic heterocycles. The summed E-state index contributed by atoms with van der Waals surface area (Å²) in [5, 5.41) is 6.26. The fraction of sp³-hybridized carbons (Fsp3) is 0.312. The van der Waals surface area contributed by atoms with Crippen molar-refractivity contribution in [3.05, 3.63) is 53.5 Å². The maximum absolute atomic E-state index is 11.8. The largest absolute Gasteiger partial charge is 0.467 e. The van der Waals surface area contributed by atoms with Crippen LogP contribution in [0.2, 0.25) is 0 Å². The Balaban J connectivity index is 1.58. The molecule has 4 nitrogen and oxygen atoms in total. The summed E-state index contributed by atoms with van der Waals surface area (Å²) in [5.74, 6) is 0.946. The van der Waals surface area contributed by atoms with Gasteiger partial charge >= 0.3 is 0 Å². The molecule has 1 aliphatic rings. The number of hydrogen-bond acceptors (Lipinski definition) is 3. The highest BCUT2D eigenvalue weighted by molar-refractivity contribution is 5.94. The van der Waals surface area contributed by atoms with E-state index < -0.39 is 0 Å². The van der Waals surface area contributed by atoms with Crippen LogP contribution in [0.25, 0.3) is 0 Å². The number of rotatable bonds is 5. The zero-order valence-corrected chi connectivity index (χ0v) is 11.5. The maximum Gasteiger partial charge on any atom is 0.251 e. The lowest BCUT2D eigenvalue weighted by molar-refractivity contribution is 0.0951. The minimum absolute atomic E-state index is 0.0147. The highest BCUT2D eigenvalue weighted by Crippen LogP contribution is 2.20. The molecule has 1 aromatic carbocycles. The Bertz CT molecular complexity index is 597. The summed E-state index contributed by atoms with van der Waals surface area (Å²) in [6.07, 6.45) is 3.90. The fourth-order valence-corrected chi connectivity index (χ4v) is 2.00. The van der Waals surface area contributed by atoms with E-state index in [0.29, 0.717) is 18.2 Å². The number of furan rings is 1. The first-order valence-corrected chi connectivity index (χ1v) is 6.90. The molecule has 1 aliphatic carbocycles. The lowest BCUT2D eigenvalue weighted by Crippen LogP contribution is -2.25. The van der Waals surface area contributed by atoms with E-state index in [2.05, 4.69) is 10.6 Å². The van der Waals surface area contributed by atoms with Crippen LogP contribution in [-0.4, -0.2) is 11.9 Å². The number of carbonyl (C=O) groups is 1. The van der Waals surface area contributed by atoms with E-state index in [1.165, 1.54) is 0 Å². The van der Waals surface area contributed by atoms with Gasteiger partial charge in [-0.05, 0) is 55.7 Å². The van der Waals surface area contributed by atoms with Crippen molar-refractivity contribution in [2.24, 2.45) is 0 Å². The summed E-state index contributed by atoms with van der Waals surface area (Å²) in [6.45, 7) is 2.66. The maximum atomic E-state index is 11.8.